The second-order valence-corrected chi connectivity index (χ2v) is 7.27. The molecule has 1 amide bonds. The van der Waals surface area contributed by atoms with Crippen molar-refractivity contribution >= 4 is 41.0 Å². The Morgan fingerprint density at radius 1 is 0.938 bits per heavy atom. The van der Waals surface area contributed by atoms with Gasteiger partial charge in [-0.1, -0.05) is 35.9 Å². The van der Waals surface area contributed by atoms with Gasteiger partial charge in [-0.25, -0.2) is 4.79 Å². The molecule has 2 aromatic carbocycles. The van der Waals surface area contributed by atoms with Crippen molar-refractivity contribution in [3.63, 3.8) is 0 Å². The zero-order chi connectivity index (χ0) is 23.3. The van der Waals surface area contributed by atoms with E-state index in [1.807, 2.05) is 0 Å². The lowest BCUT2D eigenvalue weighted by Crippen LogP contribution is -2.30. The highest BCUT2D eigenvalue weighted by Crippen LogP contribution is 2.34. The summed E-state index contributed by atoms with van der Waals surface area (Å²) in [5.41, 5.74) is 0.402. The molecule has 0 atom stereocenters. The van der Waals surface area contributed by atoms with Gasteiger partial charge in [-0.3, -0.25) is 19.2 Å². The Labute approximate surface area is 188 Å². The molecule has 0 saturated heterocycles. The quantitative estimate of drug-likeness (QED) is 0.408. The summed E-state index contributed by atoms with van der Waals surface area (Å²) < 4.78 is 9.77. The number of amides is 1. The summed E-state index contributed by atoms with van der Waals surface area (Å²) in [5, 5.41) is 2.32. The van der Waals surface area contributed by atoms with E-state index < -0.39 is 24.3 Å². The summed E-state index contributed by atoms with van der Waals surface area (Å²) >= 11 is 6.30. The van der Waals surface area contributed by atoms with Crippen molar-refractivity contribution in [2.45, 2.75) is 19.8 Å². The number of ether oxygens (including phenoxy) is 2. The van der Waals surface area contributed by atoms with Gasteiger partial charge in [0.15, 0.2) is 18.2 Å². The molecule has 0 spiro atoms. The van der Waals surface area contributed by atoms with Gasteiger partial charge >= 0.3 is 11.9 Å². The van der Waals surface area contributed by atoms with E-state index in [2.05, 4.69) is 5.32 Å². The molecule has 2 aromatic rings. The third kappa shape index (κ3) is 4.86. The first-order valence-corrected chi connectivity index (χ1v) is 10.3. The molecule has 166 valence electrons. The molecule has 32 heavy (non-hydrogen) atoms. The van der Waals surface area contributed by atoms with E-state index in [9.17, 15) is 24.0 Å². The van der Waals surface area contributed by atoms with Crippen LogP contribution < -0.4 is 5.32 Å². The molecule has 0 radical (unpaired) electrons. The first-order chi connectivity index (χ1) is 15.3. The van der Waals surface area contributed by atoms with Gasteiger partial charge in [0.1, 0.15) is 0 Å². The Morgan fingerprint density at radius 3 is 2.31 bits per heavy atom. The minimum absolute atomic E-state index is 0.0618. The van der Waals surface area contributed by atoms with Crippen LogP contribution >= 0.6 is 11.6 Å². The molecule has 1 aliphatic carbocycles. The molecule has 9 heteroatoms. The largest absolute Gasteiger partial charge is 0.466 e. The van der Waals surface area contributed by atoms with Crippen LogP contribution in [-0.2, 0) is 19.1 Å². The van der Waals surface area contributed by atoms with Crippen LogP contribution in [0.15, 0.2) is 36.4 Å². The Bertz CT molecular complexity index is 1110. The smallest absolute Gasteiger partial charge is 0.340 e. The van der Waals surface area contributed by atoms with Crippen molar-refractivity contribution in [1.82, 2.24) is 5.32 Å². The topological polar surface area (TPSA) is 116 Å². The molecule has 0 fully saturated rings. The van der Waals surface area contributed by atoms with E-state index >= 15 is 0 Å². The standard InChI is InChI=1S/C23H20ClNO7/c1-2-31-18(27)8-5-11-25-17(26)12-32-23(30)16-10-9-15-19(20(16)24)22(29)14-7-4-3-6-13(14)21(15)28/h3-4,6-7,9-10H,2,5,8,11-12H2,1H3,(H,25,26). The first-order valence-electron chi connectivity index (χ1n) is 9.95. The van der Waals surface area contributed by atoms with Crippen molar-refractivity contribution in [2.24, 2.45) is 0 Å². The summed E-state index contributed by atoms with van der Waals surface area (Å²) in [6, 6.07) is 9.01. The van der Waals surface area contributed by atoms with Gasteiger partial charge in [-0.2, -0.15) is 0 Å². The molecule has 8 nitrogen and oxygen atoms in total. The van der Waals surface area contributed by atoms with Crippen LogP contribution in [0.2, 0.25) is 5.02 Å². The minimum Gasteiger partial charge on any atom is -0.466 e. The van der Waals surface area contributed by atoms with Crippen molar-refractivity contribution in [1.29, 1.82) is 0 Å². The number of esters is 2. The van der Waals surface area contributed by atoms with Crippen LogP contribution in [0.25, 0.3) is 0 Å². The molecule has 1 aliphatic rings. The number of benzene rings is 2. The molecule has 0 saturated carbocycles. The van der Waals surface area contributed by atoms with Crippen LogP contribution in [0.5, 0.6) is 0 Å². The predicted molar refractivity (Wildman–Crippen MR) is 114 cm³/mol. The van der Waals surface area contributed by atoms with Crippen molar-refractivity contribution in [3.05, 3.63) is 69.2 Å². The maximum Gasteiger partial charge on any atom is 0.340 e. The number of fused-ring (bicyclic) bond motifs is 2. The highest BCUT2D eigenvalue weighted by molar-refractivity contribution is 6.41. The fourth-order valence-corrected chi connectivity index (χ4v) is 3.59. The predicted octanol–water partition coefficient (Wildman–Crippen LogP) is 2.73. The summed E-state index contributed by atoms with van der Waals surface area (Å²) in [5.74, 6) is -2.64. The number of hydrogen-bond donors (Lipinski definition) is 1. The normalized spacial score (nSPS) is 11.9. The zero-order valence-corrected chi connectivity index (χ0v) is 18.0. The maximum atomic E-state index is 12.9. The lowest BCUT2D eigenvalue weighted by Gasteiger charge is -2.19. The van der Waals surface area contributed by atoms with Crippen LogP contribution in [0.3, 0.4) is 0 Å². The zero-order valence-electron chi connectivity index (χ0n) is 17.2. The molecule has 0 bridgehead atoms. The van der Waals surface area contributed by atoms with Gasteiger partial charge in [0, 0.05) is 29.7 Å². The van der Waals surface area contributed by atoms with Gasteiger partial charge in [0.05, 0.1) is 22.8 Å². The van der Waals surface area contributed by atoms with E-state index in [0.717, 1.165) is 0 Å². The van der Waals surface area contributed by atoms with E-state index in [1.165, 1.54) is 18.2 Å². The third-order valence-corrected chi connectivity index (χ3v) is 5.16. The van der Waals surface area contributed by atoms with Gasteiger partial charge < -0.3 is 14.8 Å². The van der Waals surface area contributed by atoms with Crippen LogP contribution in [-0.4, -0.2) is 49.2 Å². The molecule has 1 N–H and O–H groups in total. The van der Waals surface area contributed by atoms with E-state index in [1.54, 1.807) is 25.1 Å². The second-order valence-electron chi connectivity index (χ2n) is 6.89. The highest BCUT2D eigenvalue weighted by Gasteiger charge is 2.33. The number of carbonyl (C=O) groups excluding carboxylic acids is 5. The lowest BCUT2D eigenvalue weighted by molar-refractivity contribution is -0.143. The van der Waals surface area contributed by atoms with E-state index in [-0.39, 0.29) is 57.6 Å². The second kappa shape index (κ2) is 10.2. The van der Waals surface area contributed by atoms with Crippen LogP contribution in [0.4, 0.5) is 0 Å². The molecule has 0 heterocycles. The molecular formula is C23H20ClNO7. The number of rotatable bonds is 8. The molecule has 0 unspecified atom stereocenters. The first kappa shape index (κ1) is 23.1. The molecule has 0 aliphatic heterocycles. The fraction of sp³-hybridized carbons (Fsp3) is 0.261. The highest BCUT2D eigenvalue weighted by atomic mass is 35.5. The molecule has 3 rings (SSSR count). The van der Waals surface area contributed by atoms with Crippen molar-refractivity contribution in [2.75, 3.05) is 19.8 Å². The van der Waals surface area contributed by atoms with Crippen LogP contribution in [0.1, 0.15) is 62.0 Å². The van der Waals surface area contributed by atoms with Crippen molar-refractivity contribution in [3.8, 4) is 0 Å². The van der Waals surface area contributed by atoms with Gasteiger partial charge in [-0.05, 0) is 25.5 Å². The average Bonchev–Trinajstić information content (AvgIpc) is 2.78. The number of halogens is 1. The lowest BCUT2D eigenvalue weighted by atomic mass is 9.83. The summed E-state index contributed by atoms with van der Waals surface area (Å²) in [4.78, 5) is 61.1. The molecular weight excluding hydrogens is 438 g/mol. The summed E-state index contributed by atoms with van der Waals surface area (Å²) in [6.07, 6.45) is 0.543. The Kier molecular flexibility index (Phi) is 7.37. The Balaban J connectivity index is 1.62. The SMILES string of the molecule is CCOC(=O)CCCNC(=O)COC(=O)c1ccc2c(c1Cl)C(=O)c1ccccc1C2=O. The van der Waals surface area contributed by atoms with E-state index in [4.69, 9.17) is 21.1 Å². The van der Waals surface area contributed by atoms with Gasteiger partial charge in [0.2, 0.25) is 0 Å². The van der Waals surface area contributed by atoms with Crippen LogP contribution in [0, 0.1) is 0 Å². The number of nitrogens with one attached hydrogen (secondary N) is 1. The van der Waals surface area contributed by atoms with Crippen molar-refractivity contribution < 1.29 is 33.4 Å². The number of carbonyl (C=O) groups is 5. The van der Waals surface area contributed by atoms with E-state index in [0.29, 0.717) is 13.0 Å². The summed E-state index contributed by atoms with van der Waals surface area (Å²) in [6.45, 7) is 1.64. The van der Waals surface area contributed by atoms with Gasteiger partial charge in [-0.15, -0.1) is 0 Å². The summed E-state index contributed by atoms with van der Waals surface area (Å²) in [7, 11) is 0. The maximum absolute atomic E-state index is 12.9. The number of hydrogen-bond acceptors (Lipinski definition) is 7. The Morgan fingerprint density at radius 2 is 1.62 bits per heavy atom. The average molecular weight is 458 g/mol. The Hall–Kier alpha value is -3.52. The minimum atomic E-state index is -0.904. The third-order valence-electron chi connectivity index (χ3n) is 4.77. The monoisotopic (exact) mass is 457 g/mol. The fourth-order valence-electron chi connectivity index (χ4n) is 3.26. The number of ketones is 2. The van der Waals surface area contributed by atoms with Gasteiger partial charge in [0.25, 0.3) is 5.91 Å². The molecule has 0 aromatic heterocycles.